The Hall–Kier alpha value is -2.28. The van der Waals surface area contributed by atoms with Crippen molar-refractivity contribution in [2.75, 3.05) is 12.4 Å². The minimum absolute atomic E-state index is 0.0936. The van der Waals surface area contributed by atoms with Crippen LogP contribution in [0.3, 0.4) is 0 Å². The number of carbonyl (C=O) groups is 1. The van der Waals surface area contributed by atoms with Gasteiger partial charge in [-0.3, -0.25) is 15.0 Å². The van der Waals surface area contributed by atoms with Crippen LogP contribution in [0.25, 0.3) is 20.3 Å². The van der Waals surface area contributed by atoms with Gasteiger partial charge in [-0.05, 0) is 55.1 Å². The predicted octanol–water partition coefficient (Wildman–Crippen LogP) is 5.36. The normalized spacial score (nSPS) is 14.3. The summed E-state index contributed by atoms with van der Waals surface area (Å²) in [5, 5.41) is 4.72. The number of anilines is 1. The Kier molecular flexibility index (Phi) is 4.19. The van der Waals surface area contributed by atoms with E-state index in [0.717, 1.165) is 32.9 Å². The van der Waals surface area contributed by atoms with Gasteiger partial charge in [-0.15, -0.1) is 11.3 Å². The van der Waals surface area contributed by atoms with E-state index >= 15 is 0 Å². The number of thiophene rings is 1. The van der Waals surface area contributed by atoms with Gasteiger partial charge < -0.3 is 0 Å². The third-order valence-corrected chi connectivity index (χ3v) is 6.97. The van der Waals surface area contributed by atoms with E-state index in [9.17, 15) is 4.79 Å². The van der Waals surface area contributed by atoms with Gasteiger partial charge in [0.2, 0.25) is 0 Å². The Morgan fingerprint density at radius 1 is 1.15 bits per heavy atom. The molecule has 1 saturated carbocycles. The van der Waals surface area contributed by atoms with E-state index in [4.69, 9.17) is 0 Å². The van der Waals surface area contributed by atoms with Gasteiger partial charge in [0, 0.05) is 17.3 Å². The Labute approximate surface area is 165 Å². The van der Waals surface area contributed by atoms with E-state index in [0.29, 0.717) is 10.0 Å². The number of thiazole rings is 1. The van der Waals surface area contributed by atoms with Crippen LogP contribution >= 0.6 is 22.7 Å². The minimum atomic E-state index is -0.0936. The number of carbonyl (C=O) groups excluding carboxylic acids is 1. The number of rotatable bonds is 5. The Bertz CT molecular complexity index is 1110. The van der Waals surface area contributed by atoms with Crippen molar-refractivity contribution in [1.29, 1.82) is 0 Å². The first-order valence-corrected chi connectivity index (χ1v) is 10.7. The van der Waals surface area contributed by atoms with Gasteiger partial charge in [-0.2, -0.15) is 0 Å². The molecule has 0 bridgehead atoms. The molecule has 136 valence electrons. The molecule has 6 heteroatoms. The van der Waals surface area contributed by atoms with E-state index in [-0.39, 0.29) is 5.91 Å². The molecule has 4 nitrogen and oxygen atoms in total. The first-order chi connectivity index (χ1) is 13.2. The maximum Gasteiger partial charge on any atom is 0.267 e. The molecule has 2 aromatic heterocycles. The number of hydrogen-bond donors (Lipinski definition) is 1. The highest BCUT2D eigenvalue weighted by atomic mass is 32.1. The second-order valence-electron chi connectivity index (χ2n) is 7.07. The molecule has 0 radical (unpaired) electrons. The van der Waals surface area contributed by atoms with Crippen LogP contribution in [-0.4, -0.2) is 28.9 Å². The van der Waals surface area contributed by atoms with Gasteiger partial charge in [-0.1, -0.05) is 35.6 Å². The van der Waals surface area contributed by atoms with Crippen LogP contribution in [0.1, 0.15) is 28.1 Å². The van der Waals surface area contributed by atoms with Crippen molar-refractivity contribution in [3.05, 3.63) is 59.0 Å². The fraction of sp³-hybridized carbons (Fsp3) is 0.238. The second-order valence-corrected chi connectivity index (χ2v) is 9.18. The van der Waals surface area contributed by atoms with Crippen molar-refractivity contribution >= 4 is 54.0 Å². The van der Waals surface area contributed by atoms with E-state index < -0.39 is 0 Å². The highest BCUT2D eigenvalue weighted by Crippen LogP contribution is 2.31. The molecule has 0 unspecified atom stereocenters. The summed E-state index contributed by atoms with van der Waals surface area (Å²) < 4.78 is 2.24. The van der Waals surface area contributed by atoms with E-state index in [1.165, 1.54) is 41.1 Å². The molecule has 1 aliphatic carbocycles. The molecule has 1 amide bonds. The quantitative estimate of drug-likeness (QED) is 0.497. The lowest BCUT2D eigenvalue weighted by molar-refractivity contribution is 0.103. The standard InChI is InChI=1S/C21H19N3OS2/c1-24(15-7-8-15)12-13-6-9-16-18(10-13)27-21(22-16)23-20(25)19-11-14-4-2-3-5-17(14)26-19/h2-6,9-11,15H,7-8,12H2,1H3,(H,22,23,25). The number of nitrogens with zero attached hydrogens (tertiary/aromatic N) is 2. The molecule has 1 fully saturated rings. The zero-order chi connectivity index (χ0) is 18.4. The highest BCUT2D eigenvalue weighted by Gasteiger charge is 2.25. The number of aromatic nitrogens is 1. The molecule has 4 aromatic rings. The maximum absolute atomic E-state index is 12.6. The first-order valence-electron chi connectivity index (χ1n) is 9.05. The van der Waals surface area contributed by atoms with Gasteiger partial charge in [0.05, 0.1) is 15.1 Å². The minimum Gasteiger partial charge on any atom is -0.299 e. The van der Waals surface area contributed by atoms with Crippen molar-refractivity contribution in [3.8, 4) is 0 Å². The highest BCUT2D eigenvalue weighted by molar-refractivity contribution is 7.23. The lowest BCUT2D eigenvalue weighted by Crippen LogP contribution is -2.19. The van der Waals surface area contributed by atoms with Gasteiger partial charge >= 0.3 is 0 Å². The van der Waals surface area contributed by atoms with Gasteiger partial charge in [0.15, 0.2) is 5.13 Å². The van der Waals surface area contributed by atoms with E-state index in [1.54, 1.807) is 0 Å². The van der Waals surface area contributed by atoms with Crippen LogP contribution in [0.2, 0.25) is 0 Å². The van der Waals surface area contributed by atoms with Crippen LogP contribution in [-0.2, 0) is 6.54 Å². The first kappa shape index (κ1) is 16.9. The van der Waals surface area contributed by atoms with Crippen molar-refractivity contribution in [2.45, 2.75) is 25.4 Å². The molecule has 2 aromatic carbocycles. The molecule has 27 heavy (non-hydrogen) atoms. The van der Waals surface area contributed by atoms with Gasteiger partial charge in [0.25, 0.3) is 5.91 Å². The molecular formula is C21H19N3OS2. The molecule has 0 atom stereocenters. The van der Waals surface area contributed by atoms with Crippen molar-refractivity contribution in [3.63, 3.8) is 0 Å². The SMILES string of the molecule is CN(Cc1ccc2nc(NC(=O)c3cc4ccccc4s3)sc2c1)C1CC1. The molecule has 0 saturated heterocycles. The molecule has 1 aliphatic rings. The van der Waals surface area contributed by atoms with Crippen LogP contribution in [0.5, 0.6) is 0 Å². The Morgan fingerprint density at radius 3 is 2.81 bits per heavy atom. The summed E-state index contributed by atoms with van der Waals surface area (Å²) in [4.78, 5) is 20.3. The van der Waals surface area contributed by atoms with Gasteiger partial charge in [-0.25, -0.2) is 4.98 Å². The average Bonchev–Trinajstić information content (AvgIpc) is 3.30. The van der Waals surface area contributed by atoms with E-state index in [2.05, 4.69) is 40.4 Å². The number of fused-ring (bicyclic) bond motifs is 2. The van der Waals surface area contributed by atoms with Crippen LogP contribution in [0.15, 0.2) is 48.5 Å². The summed E-state index contributed by atoms with van der Waals surface area (Å²) in [5.74, 6) is -0.0936. The topological polar surface area (TPSA) is 45.2 Å². The molecule has 0 spiro atoms. The van der Waals surface area contributed by atoms with Crippen molar-refractivity contribution < 1.29 is 4.79 Å². The average molecular weight is 394 g/mol. The molecule has 2 heterocycles. The predicted molar refractivity (Wildman–Crippen MR) is 114 cm³/mol. The summed E-state index contributed by atoms with van der Waals surface area (Å²) in [5.41, 5.74) is 2.23. The molecule has 5 rings (SSSR count). The summed E-state index contributed by atoms with van der Waals surface area (Å²) in [6.45, 7) is 0.960. The monoisotopic (exact) mass is 393 g/mol. The fourth-order valence-electron chi connectivity index (χ4n) is 3.31. The maximum atomic E-state index is 12.6. The third-order valence-electron chi connectivity index (χ3n) is 4.92. The number of benzene rings is 2. The fourth-order valence-corrected chi connectivity index (χ4v) is 5.19. The Balaban J connectivity index is 1.35. The van der Waals surface area contributed by atoms with E-state index in [1.807, 2.05) is 30.3 Å². The number of hydrogen-bond acceptors (Lipinski definition) is 5. The van der Waals surface area contributed by atoms with Crippen molar-refractivity contribution in [1.82, 2.24) is 9.88 Å². The largest absolute Gasteiger partial charge is 0.299 e. The summed E-state index contributed by atoms with van der Waals surface area (Å²) in [6.07, 6.45) is 2.63. The molecule has 0 aliphatic heterocycles. The summed E-state index contributed by atoms with van der Waals surface area (Å²) in [7, 11) is 2.19. The molecule has 1 N–H and O–H groups in total. The second kappa shape index (κ2) is 6.71. The lowest BCUT2D eigenvalue weighted by atomic mass is 10.2. The number of nitrogens with one attached hydrogen (secondary N) is 1. The summed E-state index contributed by atoms with van der Waals surface area (Å²) in [6, 6.07) is 17.1. The zero-order valence-corrected chi connectivity index (χ0v) is 16.6. The van der Waals surface area contributed by atoms with Gasteiger partial charge in [0.1, 0.15) is 0 Å². The zero-order valence-electron chi connectivity index (χ0n) is 14.9. The number of amides is 1. The third kappa shape index (κ3) is 3.48. The van der Waals surface area contributed by atoms with Crippen molar-refractivity contribution in [2.24, 2.45) is 0 Å². The van der Waals surface area contributed by atoms with Crippen LogP contribution in [0.4, 0.5) is 5.13 Å². The Morgan fingerprint density at radius 2 is 2.00 bits per heavy atom. The lowest BCUT2D eigenvalue weighted by Gasteiger charge is -2.15. The van der Waals surface area contributed by atoms with Crippen LogP contribution in [0, 0.1) is 0 Å². The van der Waals surface area contributed by atoms with Crippen LogP contribution < -0.4 is 5.32 Å². The summed E-state index contributed by atoms with van der Waals surface area (Å²) >= 11 is 3.04. The smallest absolute Gasteiger partial charge is 0.267 e. The molecular weight excluding hydrogens is 374 g/mol.